The van der Waals surface area contributed by atoms with Crippen LogP contribution in [-0.4, -0.2) is 24.5 Å². The van der Waals surface area contributed by atoms with E-state index in [1.807, 2.05) is 0 Å². The third kappa shape index (κ3) is 4.60. The van der Waals surface area contributed by atoms with Crippen LogP contribution in [0.1, 0.15) is 10.6 Å². The van der Waals surface area contributed by atoms with Crippen LogP contribution in [0.5, 0.6) is 0 Å². The number of aromatic nitrogens is 2. The van der Waals surface area contributed by atoms with E-state index in [0.717, 1.165) is 11.3 Å². The van der Waals surface area contributed by atoms with Crippen molar-refractivity contribution in [3.63, 3.8) is 0 Å². The van der Waals surface area contributed by atoms with E-state index in [2.05, 4.69) is 20.2 Å². The van der Waals surface area contributed by atoms with E-state index in [0.29, 0.717) is 34.2 Å². The molecule has 3 heterocycles. The summed E-state index contributed by atoms with van der Waals surface area (Å²) in [6, 6.07) is 20.0. The summed E-state index contributed by atoms with van der Waals surface area (Å²) in [6.45, 7) is 0. The summed E-state index contributed by atoms with van der Waals surface area (Å²) in [5, 5.41) is 8.45. The van der Waals surface area contributed by atoms with Crippen molar-refractivity contribution in [2.75, 3.05) is 10.0 Å². The normalized spacial score (nSPS) is 11.3. The lowest BCUT2D eigenvalue weighted by Gasteiger charge is -2.06. The number of benzene rings is 2. The number of carbonyl (C=O) groups excluding carboxylic acids is 1. The van der Waals surface area contributed by atoms with Crippen molar-refractivity contribution in [3.05, 3.63) is 90.2 Å². The highest BCUT2D eigenvalue weighted by Gasteiger charge is 2.16. The number of hydrogen-bond donors (Lipinski definition) is 2. The fourth-order valence-corrected chi connectivity index (χ4v) is 5.12. The second-order valence-corrected chi connectivity index (χ2v) is 9.90. The molecule has 0 fully saturated rings. The SMILES string of the molecule is O=C(Nc1ccc(-c2nc(-c3ccc(NS(=O)(=O)c4cccs4)cc3)no2)cc1)c1ccco1. The van der Waals surface area contributed by atoms with Gasteiger partial charge in [0.05, 0.1) is 6.26 Å². The van der Waals surface area contributed by atoms with Gasteiger partial charge in [0.15, 0.2) is 5.76 Å². The van der Waals surface area contributed by atoms with Crippen molar-refractivity contribution in [2.45, 2.75) is 4.21 Å². The van der Waals surface area contributed by atoms with Crippen molar-refractivity contribution in [2.24, 2.45) is 0 Å². The zero-order valence-electron chi connectivity index (χ0n) is 17.3. The molecule has 9 nitrogen and oxygen atoms in total. The first-order chi connectivity index (χ1) is 16.5. The van der Waals surface area contributed by atoms with Gasteiger partial charge >= 0.3 is 0 Å². The summed E-state index contributed by atoms with van der Waals surface area (Å²) < 4.78 is 37.9. The Kier molecular flexibility index (Phi) is 5.70. The van der Waals surface area contributed by atoms with Crippen LogP contribution in [0.4, 0.5) is 11.4 Å². The first-order valence-corrected chi connectivity index (χ1v) is 12.3. The Morgan fingerprint density at radius 1 is 0.882 bits per heavy atom. The highest BCUT2D eigenvalue weighted by Crippen LogP contribution is 2.26. The Morgan fingerprint density at radius 2 is 1.62 bits per heavy atom. The van der Waals surface area contributed by atoms with E-state index in [9.17, 15) is 13.2 Å². The zero-order chi connectivity index (χ0) is 23.5. The van der Waals surface area contributed by atoms with Crippen LogP contribution in [0.2, 0.25) is 0 Å². The molecule has 0 saturated heterocycles. The lowest BCUT2D eigenvalue weighted by molar-refractivity contribution is 0.0996. The van der Waals surface area contributed by atoms with Crippen molar-refractivity contribution in [1.82, 2.24) is 10.1 Å². The molecule has 0 spiro atoms. The summed E-state index contributed by atoms with van der Waals surface area (Å²) in [6.07, 6.45) is 1.43. The molecule has 0 aliphatic heterocycles. The average molecular weight is 493 g/mol. The maximum Gasteiger partial charge on any atom is 0.291 e. The van der Waals surface area contributed by atoms with Gasteiger partial charge in [-0.2, -0.15) is 4.98 Å². The number of hydrogen-bond acceptors (Lipinski definition) is 8. The Bertz CT molecular complexity index is 1510. The molecule has 0 aliphatic rings. The third-order valence-corrected chi connectivity index (χ3v) is 7.49. The molecule has 170 valence electrons. The third-order valence-electron chi connectivity index (χ3n) is 4.72. The largest absolute Gasteiger partial charge is 0.459 e. The van der Waals surface area contributed by atoms with Gasteiger partial charge in [-0.05, 0) is 72.1 Å². The Labute approximate surface area is 198 Å². The lowest BCUT2D eigenvalue weighted by atomic mass is 10.2. The van der Waals surface area contributed by atoms with E-state index < -0.39 is 10.0 Å². The van der Waals surface area contributed by atoms with E-state index in [-0.39, 0.29) is 15.9 Å². The standard InChI is InChI=1S/C23H16N4O5S2/c28-22(19-3-1-13-31-19)24-17-9-7-16(8-10-17)23-25-21(26-32-23)15-5-11-18(12-6-15)27-34(29,30)20-4-2-14-33-20/h1-14,27H,(H,24,28). The number of carbonyl (C=O) groups is 1. The minimum absolute atomic E-state index is 0.218. The highest BCUT2D eigenvalue weighted by molar-refractivity contribution is 7.94. The molecular weight excluding hydrogens is 476 g/mol. The van der Waals surface area contributed by atoms with Crippen LogP contribution >= 0.6 is 11.3 Å². The van der Waals surface area contributed by atoms with Crippen LogP contribution in [0.25, 0.3) is 22.8 Å². The first-order valence-electron chi connectivity index (χ1n) is 9.94. The minimum atomic E-state index is -3.62. The monoisotopic (exact) mass is 492 g/mol. The molecule has 5 rings (SSSR count). The number of furan rings is 1. The molecule has 3 aromatic heterocycles. The number of thiophene rings is 1. The number of nitrogens with one attached hydrogen (secondary N) is 2. The fraction of sp³-hybridized carbons (Fsp3) is 0. The maximum atomic E-state index is 12.4. The fourth-order valence-electron chi connectivity index (χ4n) is 3.06. The lowest BCUT2D eigenvalue weighted by Crippen LogP contribution is -2.11. The molecule has 5 aromatic rings. The molecule has 11 heteroatoms. The smallest absolute Gasteiger partial charge is 0.291 e. The summed E-state index contributed by atoms with van der Waals surface area (Å²) in [4.78, 5) is 16.5. The van der Waals surface area contributed by atoms with Gasteiger partial charge in [-0.1, -0.05) is 11.2 Å². The minimum Gasteiger partial charge on any atom is -0.459 e. The van der Waals surface area contributed by atoms with Gasteiger partial charge in [0.1, 0.15) is 4.21 Å². The van der Waals surface area contributed by atoms with Gasteiger partial charge in [0, 0.05) is 22.5 Å². The molecule has 2 aromatic carbocycles. The predicted octanol–water partition coefficient (Wildman–Crippen LogP) is 5.11. The maximum absolute atomic E-state index is 12.4. The summed E-state index contributed by atoms with van der Waals surface area (Å²) >= 11 is 1.15. The molecule has 0 unspecified atom stereocenters. The second kappa shape index (κ2) is 8.96. The second-order valence-electron chi connectivity index (χ2n) is 7.05. The molecule has 34 heavy (non-hydrogen) atoms. The van der Waals surface area contributed by atoms with Crippen molar-refractivity contribution >= 4 is 38.6 Å². The molecule has 0 aliphatic carbocycles. The van der Waals surface area contributed by atoms with Crippen molar-refractivity contribution in [3.8, 4) is 22.8 Å². The van der Waals surface area contributed by atoms with Crippen LogP contribution in [0, 0.1) is 0 Å². The topological polar surface area (TPSA) is 127 Å². The quantitative estimate of drug-likeness (QED) is 0.323. The van der Waals surface area contributed by atoms with Gasteiger partial charge in [-0.15, -0.1) is 11.3 Å². The van der Waals surface area contributed by atoms with Gasteiger partial charge in [-0.25, -0.2) is 8.42 Å². The summed E-state index contributed by atoms with van der Waals surface area (Å²) in [5.41, 5.74) is 2.35. The number of nitrogens with zero attached hydrogens (tertiary/aromatic N) is 2. The van der Waals surface area contributed by atoms with Crippen LogP contribution in [0.15, 0.2) is 97.6 Å². The molecule has 0 saturated carbocycles. The van der Waals surface area contributed by atoms with E-state index >= 15 is 0 Å². The van der Waals surface area contributed by atoms with Gasteiger partial charge in [0.25, 0.3) is 21.8 Å². The van der Waals surface area contributed by atoms with Gasteiger partial charge in [0.2, 0.25) is 5.82 Å². The number of sulfonamides is 1. The Balaban J connectivity index is 1.27. The number of rotatable bonds is 7. The molecule has 1 amide bonds. The zero-order valence-corrected chi connectivity index (χ0v) is 19.0. The first kappa shape index (κ1) is 21.6. The molecule has 0 atom stereocenters. The van der Waals surface area contributed by atoms with Crippen molar-refractivity contribution < 1.29 is 22.2 Å². The molecule has 2 N–H and O–H groups in total. The predicted molar refractivity (Wildman–Crippen MR) is 127 cm³/mol. The number of anilines is 2. The van der Waals surface area contributed by atoms with Crippen LogP contribution in [-0.2, 0) is 10.0 Å². The Morgan fingerprint density at radius 3 is 2.29 bits per heavy atom. The number of amides is 1. The van der Waals surface area contributed by atoms with Crippen LogP contribution < -0.4 is 10.0 Å². The van der Waals surface area contributed by atoms with E-state index in [4.69, 9.17) is 8.94 Å². The van der Waals surface area contributed by atoms with Crippen molar-refractivity contribution in [1.29, 1.82) is 0 Å². The molecule has 0 radical (unpaired) electrons. The van der Waals surface area contributed by atoms with E-state index in [1.165, 1.54) is 6.26 Å². The van der Waals surface area contributed by atoms with E-state index in [1.54, 1.807) is 78.2 Å². The van der Waals surface area contributed by atoms with Gasteiger partial charge < -0.3 is 14.3 Å². The summed E-state index contributed by atoms with van der Waals surface area (Å²) in [5.74, 6) is 0.536. The Hall–Kier alpha value is -4.22. The van der Waals surface area contributed by atoms with Crippen LogP contribution in [0.3, 0.4) is 0 Å². The summed E-state index contributed by atoms with van der Waals surface area (Å²) in [7, 11) is -3.62. The average Bonchev–Trinajstić information content (AvgIpc) is 3.63. The molecular formula is C23H16N4O5S2. The molecule has 0 bridgehead atoms. The van der Waals surface area contributed by atoms with Gasteiger partial charge in [-0.3, -0.25) is 9.52 Å². The highest BCUT2D eigenvalue weighted by atomic mass is 32.2.